The Kier molecular flexibility index (Phi) is 8.10. The number of hydrogen-bond donors (Lipinski definition) is 1. The maximum absolute atomic E-state index is 3.75. The van der Waals surface area contributed by atoms with E-state index in [1.807, 2.05) is 0 Å². The van der Waals surface area contributed by atoms with Gasteiger partial charge in [0.25, 0.3) is 0 Å². The van der Waals surface area contributed by atoms with Crippen molar-refractivity contribution in [3.63, 3.8) is 0 Å². The zero-order valence-electron chi connectivity index (χ0n) is 14.6. The first-order valence-electron chi connectivity index (χ1n) is 9.80. The third kappa shape index (κ3) is 5.90. The molecule has 0 aromatic carbocycles. The predicted molar refractivity (Wildman–Crippen MR) is 92.8 cm³/mol. The molecule has 1 aliphatic heterocycles. The molecule has 2 aliphatic rings. The lowest BCUT2D eigenvalue weighted by atomic mass is 9.95. The topological polar surface area (TPSA) is 15.3 Å². The molecule has 124 valence electrons. The molecule has 0 aromatic rings. The largest absolute Gasteiger partial charge is 0.313 e. The van der Waals surface area contributed by atoms with Gasteiger partial charge in [0.2, 0.25) is 0 Å². The zero-order chi connectivity index (χ0) is 14.9. The summed E-state index contributed by atoms with van der Waals surface area (Å²) in [4.78, 5) is 2.84. The zero-order valence-corrected chi connectivity index (χ0v) is 14.6. The molecular weight excluding hydrogens is 256 g/mol. The van der Waals surface area contributed by atoms with Crippen LogP contribution >= 0.6 is 0 Å². The number of hydrogen-bond acceptors (Lipinski definition) is 2. The van der Waals surface area contributed by atoms with Gasteiger partial charge in [-0.1, -0.05) is 46.0 Å². The molecule has 0 amide bonds. The van der Waals surface area contributed by atoms with Crippen molar-refractivity contribution < 1.29 is 0 Å². The average molecular weight is 295 g/mol. The van der Waals surface area contributed by atoms with E-state index in [2.05, 4.69) is 24.1 Å². The molecule has 2 nitrogen and oxygen atoms in total. The van der Waals surface area contributed by atoms with Crippen molar-refractivity contribution in [3.05, 3.63) is 0 Å². The molecule has 2 heteroatoms. The van der Waals surface area contributed by atoms with Gasteiger partial charge in [-0.3, -0.25) is 4.90 Å². The summed E-state index contributed by atoms with van der Waals surface area (Å²) >= 11 is 0. The van der Waals surface area contributed by atoms with E-state index in [1.165, 1.54) is 90.3 Å². The molecule has 1 saturated heterocycles. The van der Waals surface area contributed by atoms with Crippen LogP contribution in [0.3, 0.4) is 0 Å². The minimum atomic E-state index is 0.764. The van der Waals surface area contributed by atoms with E-state index in [9.17, 15) is 0 Å². The molecule has 0 spiro atoms. The molecule has 3 unspecified atom stereocenters. The Morgan fingerprint density at radius 2 is 1.81 bits per heavy atom. The standard InChI is InChI=1S/C19H38N2/c1-3-8-17-9-7-11-19(13-12-17)21(15-4-2)16-18-10-5-6-14-20-18/h17-20H,3-16H2,1-2H3. The molecule has 1 N–H and O–H groups in total. The maximum Gasteiger partial charge on any atom is 0.0195 e. The van der Waals surface area contributed by atoms with Crippen LogP contribution in [0, 0.1) is 5.92 Å². The Bertz CT molecular complexity index is 260. The number of rotatable bonds is 7. The van der Waals surface area contributed by atoms with E-state index >= 15 is 0 Å². The number of nitrogens with one attached hydrogen (secondary N) is 1. The summed E-state index contributed by atoms with van der Waals surface area (Å²) in [6.45, 7) is 8.55. The van der Waals surface area contributed by atoms with Gasteiger partial charge in [-0.15, -0.1) is 0 Å². The van der Waals surface area contributed by atoms with Crippen molar-refractivity contribution in [2.75, 3.05) is 19.6 Å². The summed E-state index contributed by atoms with van der Waals surface area (Å²) in [5.74, 6) is 1.02. The molecule has 1 aliphatic carbocycles. The van der Waals surface area contributed by atoms with Crippen LogP contribution in [-0.4, -0.2) is 36.6 Å². The summed E-state index contributed by atoms with van der Waals surface area (Å²) in [5, 5.41) is 3.75. The summed E-state index contributed by atoms with van der Waals surface area (Å²) in [6, 6.07) is 1.63. The van der Waals surface area contributed by atoms with Crippen LogP contribution in [0.5, 0.6) is 0 Å². The van der Waals surface area contributed by atoms with Crippen molar-refractivity contribution in [1.82, 2.24) is 10.2 Å². The highest BCUT2D eigenvalue weighted by Gasteiger charge is 2.25. The van der Waals surface area contributed by atoms with Crippen LogP contribution in [0.25, 0.3) is 0 Å². The quantitative estimate of drug-likeness (QED) is 0.691. The Labute approximate surface area is 133 Å². The van der Waals surface area contributed by atoms with Crippen LogP contribution in [0.1, 0.15) is 84.5 Å². The lowest BCUT2D eigenvalue weighted by Crippen LogP contribution is -2.47. The van der Waals surface area contributed by atoms with E-state index < -0.39 is 0 Å². The fraction of sp³-hybridized carbons (Fsp3) is 1.00. The molecule has 3 atom stereocenters. The normalized spacial score (nSPS) is 31.3. The molecule has 2 rings (SSSR count). The first-order valence-corrected chi connectivity index (χ1v) is 9.80. The Balaban J connectivity index is 1.84. The minimum absolute atomic E-state index is 0.764. The second kappa shape index (κ2) is 9.84. The predicted octanol–water partition coefficient (Wildman–Crippen LogP) is 4.59. The van der Waals surface area contributed by atoms with Crippen LogP contribution in [-0.2, 0) is 0 Å². The monoisotopic (exact) mass is 294 g/mol. The Hall–Kier alpha value is -0.0800. The molecule has 1 heterocycles. The average Bonchev–Trinajstić information content (AvgIpc) is 2.74. The highest BCUT2D eigenvalue weighted by molar-refractivity contribution is 4.82. The Morgan fingerprint density at radius 1 is 0.905 bits per heavy atom. The first-order chi connectivity index (χ1) is 10.3. The molecule has 1 saturated carbocycles. The molecule has 0 bridgehead atoms. The van der Waals surface area contributed by atoms with Crippen molar-refractivity contribution in [1.29, 1.82) is 0 Å². The van der Waals surface area contributed by atoms with Gasteiger partial charge in [0.05, 0.1) is 0 Å². The van der Waals surface area contributed by atoms with Gasteiger partial charge in [-0.25, -0.2) is 0 Å². The molecule has 0 radical (unpaired) electrons. The van der Waals surface area contributed by atoms with Crippen molar-refractivity contribution >= 4 is 0 Å². The van der Waals surface area contributed by atoms with E-state index in [4.69, 9.17) is 0 Å². The number of nitrogens with zero attached hydrogens (tertiary/aromatic N) is 1. The van der Waals surface area contributed by atoms with Crippen LogP contribution in [0.2, 0.25) is 0 Å². The highest BCUT2D eigenvalue weighted by atomic mass is 15.2. The van der Waals surface area contributed by atoms with Gasteiger partial charge in [0.1, 0.15) is 0 Å². The summed E-state index contributed by atoms with van der Waals surface area (Å²) in [7, 11) is 0. The summed E-state index contributed by atoms with van der Waals surface area (Å²) in [5.41, 5.74) is 0. The highest BCUT2D eigenvalue weighted by Crippen LogP contribution is 2.29. The van der Waals surface area contributed by atoms with Crippen LogP contribution in [0.15, 0.2) is 0 Å². The molecule has 0 aromatic heterocycles. The minimum Gasteiger partial charge on any atom is -0.313 e. The van der Waals surface area contributed by atoms with Gasteiger partial charge in [-0.05, 0) is 57.5 Å². The van der Waals surface area contributed by atoms with E-state index in [0.717, 1.165) is 18.0 Å². The molecular formula is C19H38N2. The van der Waals surface area contributed by atoms with Gasteiger partial charge >= 0.3 is 0 Å². The maximum atomic E-state index is 3.75. The SMILES string of the molecule is CCCC1CCCC(N(CCC)CC2CCCCN2)CC1. The van der Waals surface area contributed by atoms with Gasteiger partial charge in [-0.2, -0.15) is 0 Å². The Morgan fingerprint density at radius 3 is 2.52 bits per heavy atom. The lowest BCUT2D eigenvalue weighted by Gasteiger charge is -2.35. The van der Waals surface area contributed by atoms with Crippen LogP contribution in [0.4, 0.5) is 0 Å². The van der Waals surface area contributed by atoms with Gasteiger partial charge in [0, 0.05) is 18.6 Å². The fourth-order valence-corrected chi connectivity index (χ4v) is 4.49. The van der Waals surface area contributed by atoms with Gasteiger partial charge in [0.15, 0.2) is 0 Å². The third-order valence-corrected chi connectivity index (χ3v) is 5.65. The van der Waals surface area contributed by atoms with Crippen molar-refractivity contribution in [2.45, 2.75) is 96.6 Å². The van der Waals surface area contributed by atoms with E-state index in [0.29, 0.717) is 0 Å². The lowest BCUT2D eigenvalue weighted by molar-refractivity contribution is 0.151. The first kappa shape index (κ1) is 17.3. The molecule has 21 heavy (non-hydrogen) atoms. The van der Waals surface area contributed by atoms with E-state index in [-0.39, 0.29) is 0 Å². The summed E-state index contributed by atoms with van der Waals surface area (Å²) < 4.78 is 0. The fourth-order valence-electron chi connectivity index (χ4n) is 4.49. The van der Waals surface area contributed by atoms with E-state index in [1.54, 1.807) is 0 Å². The third-order valence-electron chi connectivity index (χ3n) is 5.65. The molecule has 2 fully saturated rings. The van der Waals surface area contributed by atoms with Gasteiger partial charge < -0.3 is 5.32 Å². The van der Waals surface area contributed by atoms with Crippen LogP contribution < -0.4 is 5.32 Å². The smallest absolute Gasteiger partial charge is 0.0195 e. The second-order valence-electron chi connectivity index (χ2n) is 7.46. The second-order valence-corrected chi connectivity index (χ2v) is 7.46. The van der Waals surface area contributed by atoms with Crippen molar-refractivity contribution in [2.24, 2.45) is 5.92 Å². The summed E-state index contributed by atoms with van der Waals surface area (Å²) in [6.07, 6.45) is 15.7. The van der Waals surface area contributed by atoms with Crippen molar-refractivity contribution in [3.8, 4) is 0 Å². The number of piperidine rings is 1.